The van der Waals surface area contributed by atoms with Gasteiger partial charge in [-0.15, -0.1) is 11.3 Å². The van der Waals surface area contributed by atoms with Gasteiger partial charge < -0.3 is 11.1 Å². The molecule has 29 heavy (non-hydrogen) atoms. The molecule has 1 atom stereocenters. The fourth-order valence-electron chi connectivity index (χ4n) is 3.30. The van der Waals surface area contributed by atoms with Crippen LogP contribution in [0.1, 0.15) is 41.1 Å². The summed E-state index contributed by atoms with van der Waals surface area (Å²) < 4.78 is 1.68. The molecule has 0 aliphatic heterocycles. The van der Waals surface area contributed by atoms with Crippen LogP contribution in [0.15, 0.2) is 41.9 Å². The third-order valence-electron chi connectivity index (χ3n) is 4.98. The number of nitrogens with one attached hydrogen (secondary N) is 1. The van der Waals surface area contributed by atoms with Crippen molar-refractivity contribution >= 4 is 17.2 Å². The molecule has 0 spiro atoms. The Labute approximate surface area is 174 Å². The molecule has 3 N–H and O–H groups in total. The van der Waals surface area contributed by atoms with Crippen molar-refractivity contribution in [3.05, 3.63) is 64.1 Å². The standard InChI is InChI=1S/C21H26N6OS/c22-17(12-15-4-2-1-3-5-15)21-25-18(13-16-6-7-16)26-27(21)14-19(28)23-9-8-20-24-10-11-29-20/h1-5,10-11,16-17H,6-9,12-14,22H2,(H,23,28)/t17-/m1/s1. The second kappa shape index (κ2) is 9.28. The van der Waals surface area contributed by atoms with Gasteiger partial charge in [-0.3, -0.25) is 4.79 Å². The first-order valence-corrected chi connectivity index (χ1v) is 10.9. The van der Waals surface area contributed by atoms with E-state index in [2.05, 4.69) is 27.5 Å². The molecule has 0 bridgehead atoms. The number of thiazole rings is 1. The van der Waals surface area contributed by atoms with Crippen LogP contribution in [-0.2, 0) is 30.6 Å². The smallest absolute Gasteiger partial charge is 0.241 e. The third kappa shape index (κ3) is 5.71. The van der Waals surface area contributed by atoms with Gasteiger partial charge in [0.05, 0.1) is 11.0 Å². The molecule has 3 aromatic rings. The number of carbonyl (C=O) groups excluding carboxylic acids is 1. The number of amides is 1. The molecular weight excluding hydrogens is 384 g/mol. The SMILES string of the molecule is N[C@H](Cc1ccccc1)c1nc(CC2CC2)nn1CC(=O)NCCc1nccs1. The second-order valence-corrected chi connectivity index (χ2v) is 8.49. The van der Waals surface area contributed by atoms with Crippen LogP contribution < -0.4 is 11.1 Å². The largest absolute Gasteiger partial charge is 0.354 e. The molecule has 4 rings (SSSR count). The van der Waals surface area contributed by atoms with Gasteiger partial charge in [0, 0.05) is 31.0 Å². The Balaban J connectivity index is 1.40. The highest BCUT2D eigenvalue weighted by Gasteiger charge is 2.26. The maximum atomic E-state index is 12.5. The highest BCUT2D eigenvalue weighted by Crippen LogP contribution is 2.32. The fourth-order valence-corrected chi connectivity index (χ4v) is 3.92. The molecule has 1 aliphatic rings. The average Bonchev–Trinajstić information content (AvgIpc) is 3.20. The van der Waals surface area contributed by atoms with E-state index in [-0.39, 0.29) is 18.5 Å². The van der Waals surface area contributed by atoms with E-state index in [9.17, 15) is 4.79 Å². The predicted octanol–water partition coefficient (Wildman–Crippen LogP) is 2.29. The Morgan fingerprint density at radius 3 is 2.86 bits per heavy atom. The third-order valence-corrected chi connectivity index (χ3v) is 5.82. The zero-order chi connectivity index (χ0) is 20.1. The summed E-state index contributed by atoms with van der Waals surface area (Å²) in [4.78, 5) is 21.4. The lowest BCUT2D eigenvalue weighted by Gasteiger charge is -2.13. The maximum Gasteiger partial charge on any atom is 0.241 e. The normalized spacial score (nSPS) is 14.7. The molecule has 1 aromatic carbocycles. The van der Waals surface area contributed by atoms with Crippen LogP contribution >= 0.6 is 11.3 Å². The van der Waals surface area contributed by atoms with Gasteiger partial charge in [0.1, 0.15) is 12.4 Å². The summed E-state index contributed by atoms with van der Waals surface area (Å²) in [6, 6.07) is 9.79. The summed E-state index contributed by atoms with van der Waals surface area (Å²) in [5, 5.41) is 10.5. The lowest BCUT2D eigenvalue weighted by atomic mass is 10.1. The van der Waals surface area contributed by atoms with E-state index in [1.807, 2.05) is 23.6 Å². The molecule has 0 saturated heterocycles. The monoisotopic (exact) mass is 410 g/mol. The van der Waals surface area contributed by atoms with E-state index in [4.69, 9.17) is 10.7 Å². The maximum absolute atomic E-state index is 12.5. The Morgan fingerprint density at radius 2 is 2.14 bits per heavy atom. The summed E-state index contributed by atoms with van der Waals surface area (Å²) in [6.45, 7) is 0.689. The minimum absolute atomic E-state index is 0.0856. The van der Waals surface area contributed by atoms with E-state index in [0.29, 0.717) is 24.7 Å². The molecule has 152 valence electrons. The molecule has 2 aromatic heterocycles. The Morgan fingerprint density at radius 1 is 1.31 bits per heavy atom. The molecular formula is C21H26N6OS. The molecule has 1 amide bonds. The van der Waals surface area contributed by atoms with Gasteiger partial charge in [0.25, 0.3) is 0 Å². The minimum Gasteiger partial charge on any atom is -0.354 e. The first-order valence-electron chi connectivity index (χ1n) is 10.1. The number of carbonyl (C=O) groups is 1. The van der Waals surface area contributed by atoms with Crippen LogP contribution in [0.2, 0.25) is 0 Å². The van der Waals surface area contributed by atoms with Crippen molar-refractivity contribution in [3.63, 3.8) is 0 Å². The summed E-state index contributed by atoms with van der Waals surface area (Å²) in [7, 11) is 0. The van der Waals surface area contributed by atoms with Crippen LogP contribution in [0.5, 0.6) is 0 Å². The van der Waals surface area contributed by atoms with E-state index >= 15 is 0 Å². The summed E-state index contributed by atoms with van der Waals surface area (Å²) >= 11 is 1.59. The number of aromatic nitrogens is 4. The van der Waals surface area contributed by atoms with Gasteiger partial charge >= 0.3 is 0 Å². The number of hydrogen-bond acceptors (Lipinski definition) is 6. The molecule has 8 heteroatoms. The van der Waals surface area contributed by atoms with Crippen molar-refractivity contribution in [1.82, 2.24) is 25.1 Å². The molecule has 1 fully saturated rings. The van der Waals surface area contributed by atoms with E-state index in [0.717, 1.165) is 29.2 Å². The Hall–Kier alpha value is -2.58. The summed E-state index contributed by atoms with van der Waals surface area (Å²) in [5.41, 5.74) is 7.61. The van der Waals surface area contributed by atoms with Crippen LogP contribution in [0, 0.1) is 5.92 Å². The first kappa shape index (κ1) is 19.7. The lowest BCUT2D eigenvalue weighted by molar-refractivity contribution is -0.121. The minimum atomic E-state index is -0.305. The van der Waals surface area contributed by atoms with Crippen LogP contribution in [0.4, 0.5) is 0 Å². The van der Waals surface area contributed by atoms with Crippen LogP contribution in [0.25, 0.3) is 0 Å². The highest BCUT2D eigenvalue weighted by atomic mass is 32.1. The molecule has 0 radical (unpaired) electrons. The van der Waals surface area contributed by atoms with Gasteiger partial charge in [-0.2, -0.15) is 5.10 Å². The van der Waals surface area contributed by atoms with E-state index in [1.54, 1.807) is 22.2 Å². The van der Waals surface area contributed by atoms with Crippen LogP contribution in [-0.4, -0.2) is 32.2 Å². The number of nitrogens with zero attached hydrogens (tertiary/aromatic N) is 4. The summed E-state index contributed by atoms with van der Waals surface area (Å²) in [5.74, 6) is 2.06. The Kier molecular flexibility index (Phi) is 6.31. The first-order chi connectivity index (χ1) is 14.2. The molecule has 7 nitrogen and oxygen atoms in total. The van der Waals surface area contributed by atoms with Crippen molar-refractivity contribution in [2.24, 2.45) is 11.7 Å². The van der Waals surface area contributed by atoms with Gasteiger partial charge in [-0.25, -0.2) is 14.6 Å². The zero-order valence-corrected chi connectivity index (χ0v) is 17.1. The second-order valence-electron chi connectivity index (χ2n) is 7.51. The zero-order valence-electron chi connectivity index (χ0n) is 16.3. The van der Waals surface area contributed by atoms with Gasteiger partial charge in [-0.1, -0.05) is 30.3 Å². The molecule has 0 unspecified atom stereocenters. The topological polar surface area (TPSA) is 98.7 Å². The van der Waals surface area contributed by atoms with Crippen molar-refractivity contribution in [3.8, 4) is 0 Å². The van der Waals surface area contributed by atoms with E-state index in [1.165, 1.54) is 12.8 Å². The van der Waals surface area contributed by atoms with E-state index < -0.39 is 0 Å². The number of rotatable bonds is 10. The molecule has 1 aliphatic carbocycles. The van der Waals surface area contributed by atoms with Crippen molar-refractivity contribution in [2.45, 2.75) is 44.7 Å². The lowest BCUT2D eigenvalue weighted by Crippen LogP contribution is -2.31. The molecule has 2 heterocycles. The van der Waals surface area contributed by atoms with Crippen molar-refractivity contribution in [1.29, 1.82) is 0 Å². The quantitative estimate of drug-likeness (QED) is 0.534. The Bertz CT molecular complexity index is 920. The van der Waals surface area contributed by atoms with Gasteiger partial charge in [0.2, 0.25) is 5.91 Å². The number of hydrogen-bond donors (Lipinski definition) is 2. The fraction of sp³-hybridized carbons (Fsp3) is 0.429. The summed E-state index contributed by atoms with van der Waals surface area (Å²) in [6.07, 6.45) is 6.50. The predicted molar refractivity (Wildman–Crippen MR) is 112 cm³/mol. The van der Waals surface area contributed by atoms with Crippen molar-refractivity contribution < 1.29 is 4.79 Å². The average molecular weight is 411 g/mol. The number of benzene rings is 1. The molecule has 1 saturated carbocycles. The number of nitrogens with two attached hydrogens (primary N) is 1. The van der Waals surface area contributed by atoms with Crippen LogP contribution in [0.3, 0.4) is 0 Å². The van der Waals surface area contributed by atoms with Gasteiger partial charge in [0.15, 0.2) is 5.82 Å². The highest BCUT2D eigenvalue weighted by molar-refractivity contribution is 7.09. The van der Waals surface area contributed by atoms with Crippen molar-refractivity contribution in [2.75, 3.05) is 6.54 Å². The van der Waals surface area contributed by atoms with Gasteiger partial charge in [-0.05, 0) is 30.7 Å².